The first-order valence-electron chi connectivity index (χ1n) is 19.9. The summed E-state index contributed by atoms with van der Waals surface area (Å²) in [6.07, 6.45) is 5.50. The molecule has 0 saturated carbocycles. The van der Waals surface area contributed by atoms with Crippen molar-refractivity contribution in [2.45, 2.75) is 53.4 Å². The number of benzene rings is 2. The van der Waals surface area contributed by atoms with Crippen LogP contribution >= 0.6 is 0 Å². The van der Waals surface area contributed by atoms with Crippen LogP contribution in [0.5, 0.6) is 11.5 Å². The van der Waals surface area contributed by atoms with Crippen molar-refractivity contribution in [3.8, 4) is 11.5 Å². The van der Waals surface area contributed by atoms with E-state index in [1.54, 1.807) is 14.2 Å². The number of nitrogens with zero attached hydrogens (tertiary/aromatic N) is 2. The average Bonchev–Trinajstić information content (AvgIpc) is 3.93. The first-order chi connectivity index (χ1) is 28.9. The molecule has 2 N–H and O–H groups in total. The molecule has 2 aliphatic heterocycles. The minimum absolute atomic E-state index is 0.201. The molecule has 60 heavy (non-hydrogen) atoms. The van der Waals surface area contributed by atoms with Crippen LogP contribution in [0.25, 0.3) is 62.1 Å². The molecule has 0 saturated heterocycles. The normalized spacial score (nSPS) is 12.6. The van der Waals surface area contributed by atoms with Gasteiger partial charge in [-0.1, -0.05) is 43.0 Å². The van der Waals surface area contributed by atoms with E-state index in [1.165, 1.54) is 14.2 Å². The lowest BCUT2D eigenvalue weighted by atomic mass is 9.93. The first-order valence-corrected chi connectivity index (χ1v) is 19.9. The quantitative estimate of drug-likeness (QED) is 0.119. The Kier molecular flexibility index (Phi) is 12.0. The highest BCUT2D eigenvalue weighted by Gasteiger charge is 2.23. The minimum atomic E-state index is -0.297. The number of aromatic nitrogens is 4. The molecule has 5 heterocycles. The van der Waals surface area contributed by atoms with Gasteiger partial charge in [0.2, 0.25) is 0 Å². The third-order valence-electron chi connectivity index (χ3n) is 11.5. The maximum Gasteiger partial charge on any atom is 0.305 e. The van der Waals surface area contributed by atoms with Crippen LogP contribution < -0.4 is 9.47 Å². The standard InChI is InChI=1S/C50H50N4O6/c1-28(34-13-17-36(58-7)18-14-34)50-32(5)43-25-44-37(19-12-33-10-15-35(57-6)16-11-33)29(2)40(51-44)24-41-30(3)38(20-22-48(55)59-8)45(52-41)27-46-39(21-23-49(56)60-9)31(4)42(53-46)26-47(50)54-43/h10-19,24-27,51,53H,1,20-23H2,2-9H3/b19-12+,40-24?,41-24?,42-26?,43-25?,44-25?,45-27?,46-27?,47-26?. The zero-order valence-corrected chi connectivity index (χ0v) is 35.5. The highest BCUT2D eigenvalue weighted by atomic mass is 16.5. The van der Waals surface area contributed by atoms with E-state index in [-0.39, 0.29) is 24.8 Å². The number of carbonyl (C=O) groups is 2. The van der Waals surface area contributed by atoms with Crippen molar-refractivity contribution in [1.82, 2.24) is 19.9 Å². The number of ether oxygens (including phenoxy) is 4. The summed E-state index contributed by atoms with van der Waals surface area (Å²) >= 11 is 0. The molecule has 0 radical (unpaired) electrons. The molecule has 0 fully saturated rings. The molecule has 8 bridgehead atoms. The molecule has 10 heteroatoms. The van der Waals surface area contributed by atoms with E-state index in [9.17, 15) is 9.59 Å². The van der Waals surface area contributed by atoms with Gasteiger partial charge < -0.3 is 28.9 Å². The molecule has 0 unspecified atom stereocenters. The summed E-state index contributed by atoms with van der Waals surface area (Å²) in [5.74, 6) is 0.954. The Morgan fingerprint density at radius 1 is 0.617 bits per heavy atom. The van der Waals surface area contributed by atoms with Crippen LogP contribution in [0.4, 0.5) is 0 Å². The number of fused-ring (bicyclic) bond motifs is 8. The summed E-state index contributed by atoms with van der Waals surface area (Å²) in [6.45, 7) is 12.9. The summed E-state index contributed by atoms with van der Waals surface area (Å²) < 4.78 is 20.9. The SMILES string of the molecule is C=C(C1=C(C)c2cc3[nH]c(cc4nc(cc5[nH]c(cc1n2)c(C)c5CCC(=O)OC)C(CCC(=O)OC)=C4C)c(C)c3/C=C/c1ccc(OC)cc1)c1ccc(OC)cc1. The topological polar surface area (TPSA) is 128 Å². The molecule has 0 aliphatic carbocycles. The molecular formula is C50H50N4O6. The number of esters is 2. The number of aryl methyl sites for hydroxylation is 3. The lowest BCUT2D eigenvalue weighted by Crippen LogP contribution is -2.02. The number of hydrogen-bond donors (Lipinski definition) is 2. The van der Waals surface area contributed by atoms with Gasteiger partial charge in [0.05, 0.1) is 51.2 Å². The maximum absolute atomic E-state index is 12.5. The summed E-state index contributed by atoms with van der Waals surface area (Å²) in [6, 6.07) is 24.1. The molecule has 0 atom stereocenters. The van der Waals surface area contributed by atoms with Crippen LogP contribution in [0.3, 0.4) is 0 Å². The Balaban J connectivity index is 1.54. The average molecular weight is 803 g/mol. The van der Waals surface area contributed by atoms with Crippen LogP contribution in [0.2, 0.25) is 0 Å². The fourth-order valence-corrected chi connectivity index (χ4v) is 7.85. The van der Waals surface area contributed by atoms with Crippen molar-refractivity contribution in [2.75, 3.05) is 28.4 Å². The van der Waals surface area contributed by atoms with Gasteiger partial charge in [-0.3, -0.25) is 9.59 Å². The first kappa shape index (κ1) is 41.2. The zero-order chi connectivity index (χ0) is 42.7. The van der Waals surface area contributed by atoms with Gasteiger partial charge in [-0.05, 0) is 139 Å². The fraction of sp³-hybridized carbons (Fsp3) is 0.240. The second-order valence-corrected chi connectivity index (χ2v) is 15.0. The molecule has 7 rings (SSSR count). The van der Waals surface area contributed by atoms with E-state index < -0.39 is 0 Å². The number of allylic oxidation sites excluding steroid dienone is 5. The number of rotatable bonds is 12. The van der Waals surface area contributed by atoms with Crippen LogP contribution in [-0.2, 0) is 25.5 Å². The predicted molar refractivity (Wildman–Crippen MR) is 241 cm³/mol. The molecule has 306 valence electrons. The van der Waals surface area contributed by atoms with Crippen molar-refractivity contribution in [1.29, 1.82) is 0 Å². The van der Waals surface area contributed by atoms with Crippen LogP contribution in [0.15, 0.2) is 79.4 Å². The van der Waals surface area contributed by atoms with Crippen molar-refractivity contribution < 1.29 is 28.5 Å². The Hall–Kier alpha value is -6.94. The van der Waals surface area contributed by atoms with Crippen LogP contribution in [0.1, 0.15) is 89.3 Å². The molecule has 2 aromatic carbocycles. The van der Waals surface area contributed by atoms with E-state index in [0.29, 0.717) is 12.8 Å². The van der Waals surface area contributed by atoms with Crippen molar-refractivity contribution >= 4 is 74.0 Å². The summed E-state index contributed by atoms with van der Waals surface area (Å²) in [7, 11) is 6.11. The number of nitrogens with one attached hydrogen (secondary N) is 2. The summed E-state index contributed by atoms with van der Waals surface area (Å²) in [5, 5.41) is 0. The maximum atomic E-state index is 12.5. The molecule has 3 aromatic heterocycles. The van der Waals surface area contributed by atoms with Crippen LogP contribution in [0, 0.1) is 13.8 Å². The van der Waals surface area contributed by atoms with Crippen molar-refractivity contribution in [3.63, 3.8) is 0 Å². The number of hydrogen-bond acceptors (Lipinski definition) is 8. The van der Waals surface area contributed by atoms with E-state index >= 15 is 0 Å². The Labute approximate surface area is 350 Å². The minimum Gasteiger partial charge on any atom is -0.497 e. The smallest absolute Gasteiger partial charge is 0.305 e. The highest BCUT2D eigenvalue weighted by Crippen LogP contribution is 2.41. The molecule has 5 aromatic rings. The highest BCUT2D eigenvalue weighted by molar-refractivity contribution is 6.15. The van der Waals surface area contributed by atoms with Crippen molar-refractivity contribution in [3.05, 3.63) is 136 Å². The second kappa shape index (κ2) is 17.5. The van der Waals surface area contributed by atoms with Crippen LogP contribution in [-0.4, -0.2) is 60.3 Å². The number of methoxy groups -OCH3 is 4. The van der Waals surface area contributed by atoms with Crippen molar-refractivity contribution in [2.24, 2.45) is 0 Å². The Morgan fingerprint density at radius 2 is 1.15 bits per heavy atom. The number of aromatic amines is 2. The van der Waals surface area contributed by atoms with Gasteiger partial charge in [0, 0.05) is 46.0 Å². The second-order valence-electron chi connectivity index (χ2n) is 15.0. The van der Waals surface area contributed by atoms with E-state index in [0.717, 1.165) is 118 Å². The number of carbonyl (C=O) groups excluding carboxylic acids is 2. The number of H-pyrrole nitrogens is 2. The third-order valence-corrected chi connectivity index (χ3v) is 11.5. The van der Waals surface area contributed by atoms with Gasteiger partial charge in [0.15, 0.2) is 0 Å². The summed E-state index contributed by atoms with van der Waals surface area (Å²) in [5.41, 5.74) is 17.1. The van der Waals surface area contributed by atoms with Gasteiger partial charge in [-0.25, -0.2) is 9.97 Å². The molecule has 2 aliphatic rings. The zero-order valence-electron chi connectivity index (χ0n) is 35.5. The van der Waals surface area contributed by atoms with E-state index in [4.69, 9.17) is 28.9 Å². The Morgan fingerprint density at radius 3 is 1.80 bits per heavy atom. The van der Waals surface area contributed by atoms with E-state index in [2.05, 4.69) is 60.7 Å². The largest absolute Gasteiger partial charge is 0.497 e. The third kappa shape index (κ3) is 8.31. The van der Waals surface area contributed by atoms with Gasteiger partial charge >= 0.3 is 11.9 Å². The Bertz CT molecular complexity index is 2780. The van der Waals surface area contributed by atoms with Gasteiger partial charge in [0.1, 0.15) is 11.5 Å². The predicted octanol–water partition coefficient (Wildman–Crippen LogP) is 10.8. The van der Waals surface area contributed by atoms with Gasteiger partial charge in [0.25, 0.3) is 0 Å². The van der Waals surface area contributed by atoms with E-state index in [1.807, 2.05) is 68.4 Å². The lowest BCUT2D eigenvalue weighted by molar-refractivity contribution is -0.141. The van der Waals surface area contributed by atoms with Gasteiger partial charge in [-0.15, -0.1) is 0 Å². The molecule has 10 nitrogen and oxygen atoms in total. The lowest BCUT2D eigenvalue weighted by Gasteiger charge is -2.10. The fourth-order valence-electron chi connectivity index (χ4n) is 7.85. The molecular weight excluding hydrogens is 753 g/mol. The molecule has 0 amide bonds. The monoisotopic (exact) mass is 802 g/mol. The summed E-state index contributed by atoms with van der Waals surface area (Å²) in [4.78, 5) is 42.8. The van der Waals surface area contributed by atoms with Gasteiger partial charge in [-0.2, -0.15) is 0 Å². The molecule has 0 spiro atoms.